The third kappa shape index (κ3) is 23.2. The highest BCUT2D eigenvalue weighted by Crippen LogP contribution is 2.41. The van der Waals surface area contributed by atoms with Gasteiger partial charge in [-0.2, -0.15) is 0 Å². The first-order valence-electron chi connectivity index (χ1n) is 32.1. The van der Waals surface area contributed by atoms with Crippen LogP contribution in [0.3, 0.4) is 0 Å². The van der Waals surface area contributed by atoms with Gasteiger partial charge in [0.25, 0.3) is 5.91 Å². The fraction of sp³-hybridized carbons (Fsp3) is 0.480. The van der Waals surface area contributed by atoms with E-state index < -0.39 is 0 Å². The summed E-state index contributed by atoms with van der Waals surface area (Å²) in [5, 5.41) is 3.21. The number of amides is 1. The Morgan fingerprint density at radius 1 is 0.312 bits per heavy atom. The molecule has 1 amide bonds. The fourth-order valence-corrected chi connectivity index (χ4v) is 10.9. The van der Waals surface area contributed by atoms with Crippen molar-refractivity contribution in [3.05, 3.63) is 179 Å². The number of hydrogen-bond donors (Lipinski definition) is 1. The van der Waals surface area contributed by atoms with Crippen molar-refractivity contribution in [2.75, 3.05) is 25.1 Å². The van der Waals surface area contributed by atoms with E-state index >= 15 is 0 Å². The zero-order valence-electron chi connectivity index (χ0n) is 49.9. The van der Waals surface area contributed by atoms with Crippen molar-refractivity contribution < 1.29 is 19.0 Å². The average molecular weight is 1080 g/mol. The van der Waals surface area contributed by atoms with Crippen LogP contribution in [0.25, 0.3) is 22.3 Å². The third-order valence-corrected chi connectivity index (χ3v) is 15.6. The Morgan fingerprint density at radius 3 is 0.938 bits per heavy atom. The van der Waals surface area contributed by atoms with Crippen LogP contribution in [-0.2, 0) is 0 Å². The van der Waals surface area contributed by atoms with Gasteiger partial charge in [-0.3, -0.25) is 4.79 Å². The zero-order valence-corrected chi connectivity index (χ0v) is 49.9. The molecule has 0 aliphatic rings. The highest BCUT2D eigenvalue weighted by atomic mass is 16.5. The molecule has 80 heavy (non-hydrogen) atoms. The minimum absolute atomic E-state index is 0.205. The van der Waals surface area contributed by atoms with Crippen molar-refractivity contribution in [1.29, 1.82) is 0 Å². The number of nitrogens with one attached hydrogen (secondary N) is 1. The standard InChI is InChI=1S/C75H101NO4/c1-4-7-10-13-16-19-22-25-28-40-57-78-70-60-68(61-71(79-58-41-29-26-23-20-17-14-11-8-5-2)74(70)80-59-42-30-27-24-21-18-15-12-9-6-3)75(77)76-69-55-53-63(54-56-69)62-49-51-67(52-50-62)73(66-47-38-33-39-48-66)72(64-43-34-31-35-44-64)65-45-36-32-37-46-65/h31-39,43-56,60-61H,4-30,40-42,57-59H2,1-3H3,(H,76,77). The smallest absolute Gasteiger partial charge is 0.255 e. The second-order valence-corrected chi connectivity index (χ2v) is 22.3. The van der Waals surface area contributed by atoms with Crippen LogP contribution in [0.2, 0.25) is 0 Å². The molecule has 1 N–H and O–H groups in total. The topological polar surface area (TPSA) is 56.8 Å². The molecular formula is C75H101NO4. The van der Waals surface area contributed by atoms with Crippen LogP contribution >= 0.6 is 0 Å². The maximum atomic E-state index is 14.4. The number of unbranched alkanes of at least 4 members (excludes halogenated alkanes) is 27. The lowest BCUT2D eigenvalue weighted by atomic mass is 9.85. The number of benzene rings is 6. The Kier molecular flexibility index (Phi) is 31.0. The van der Waals surface area contributed by atoms with E-state index in [9.17, 15) is 4.79 Å². The molecule has 0 heterocycles. The van der Waals surface area contributed by atoms with Gasteiger partial charge in [0, 0.05) is 11.3 Å². The molecule has 0 radical (unpaired) electrons. The van der Waals surface area contributed by atoms with E-state index in [4.69, 9.17) is 14.2 Å². The number of rotatable bonds is 43. The highest BCUT2D eigenvalue weighted by Gasteiger charge is 2.21. The summed E-state index contributed by atoms with van der Waals surface area (Å²) < 4.78 is 19.9. The summed E-state index contributed by atoms with van der Waals surface area (Å²) in [4.78, 5) is 14.4. The van der Waals surface area contributed by atoms with Gasteiger partial charge in [0.2, 0.25) is 5.75 Å². The molecule has 0 atom stereocenters. The van der Waals surface area contributed by atoms with Crippen LogP contribution in [-0.4, -0.2) is 25.7 Å². The van der Waals surface area contributed by atoms with Crippen LogP contribution in [0.1, 0.15) is 246 Å². The summed E-state index contributed by atoms with van der Waals surface area (Å²) in [5.74, 6) is 1.63. The molecule has 0 aliphatic carbocycles. The lowest BCUT2D eigenvalue weighted by Gasteiger charge is -2.19. The number of hydrogen-bond acceptors (Lipinski definition) is 4. The minimum atomic E-state index is -0.205. The second kappa shape index (κ2) is 39.3. The molecule has 0 bridgehead atoms. The minimum Gasteiger partial charge on any atom is -0.490 e. The molecule has 6 rings (SSSR count). The predicted octanol–water partition coefficient (Wildman–Crippen LogP) is 22.5. The first-order valence-corrected chi connectivity index (χ1v) is 32.1. The summed E-state index contributed by atoms with van der Waals surface area (Å²) in [5.41, 5.74) is 10.4. The van der Waals surface area contributed by atoms with Gasteiger partial charge in [0.05, 0.1) is 19.8 Å². The average Bonchev–Trinajstić information content (AvgIpc) is 3.50. The van der Waals surface area contributed by atoms with Crippen molar-refractivity contribution in [3.63, 3.8) is 0 Å². The molecule has 0 aromatic heterocycles. The fourth-order valence-electron chi connectivity index (χ4n) is 10.9. The lowest BCUT2D eigenvalue weighted by Crippen LogP contribution is -2.14. The first kappa shape index (κ1) is 63.1. The Bertz CT molecular complexity index is 2480. The van der Waals surface area contributed by atoms with Gasteiger partial charge in [-0.15, -0.1) is 0 Å². The molecule has 430 valence electrons. The largest absolute Gasteiger partial charge is 0.490 e. The summed E-state index contributed by atoms with van der Waals surface area (Å²) in [6.45, 7) is 8.58. The Morgan fingerprint density at radius 2 is 0.600 bits per heavy atom. The molecule has 6 aromatic carbocycles. The van der Waals surface area contributed by atoms with E-state index in [0.717, 1.165) is 66.5 Å². The lowest BCUT2D eigenvalue weighted by molar-refractivity contribution is 0.102. The molecule has 0 fully saturated rings. The van der Waals surface area contributed by atoms with Crippen LogP contribution in [0.5, 0.6) is 17.2 Å². The second-order valence-electron chi connectivity index (χ2n) is 22.3. The van der Waals surface area contributed by atoms with Crippen molar-refractivity contribution in [1.82, 2.24) is 0 Å². The van der Waals surface area contributed by atoms with Gasteiger partial charge in [-0.05, 0) is 88.1 Å². The van der Waals surface area contributed by atoms with Gasteiger partial charge in [0.1, 0.15) is 0 Å². The quantitative estimate of drug-likeness (QED) is 0.0306. The Labute approximate surface area is 485 Å². The molecular weight excluding hydrogens is 979 g/mol. The van der Waals surface area contributed by atoms with E-state index in [-0.39, 0.29) is 5.91 Å². The Hall–Kier alpha value is -6.07. The number of ether oxygens (including phenoxy) is 3. The SMILES string of the molecule is CCCCCCCCCCCCOc1cc(C(=O)Nc2ccc(-c3ccc(C(=C(c4ccccc4)c4ccccc4)c4ccccc4)cc3)cc2)cc(OCCCCCCCCCCCC)c1OCCCCCCCCCCCC. The van der Waals surface area contributed by atoms with Gasteiger partial charge >= 0.3 is 0 Å². The zero-order chi connectivity index (χ0) is 55.9. The monoisotopic (exact) mass is 1080 g/mol. The molecule has 0 saturated heterocycles. The van der Waals surface area contributed by atoms with Gasteiger partial charge < -0.3 is 19.5 Å². The molecule has 0 aliphatic heterocycles. The van der Waals surface area contributed by atoms with Crippen molar-refractivity contribution >= 4 is 22.7 Å². The number of anilines is 1. The normalized spacial score (nSPS) is 11.1. The molecule has 6 aromatic rings. The van der Waals surface area contributed by atoms with Crippen LogP contribution in [0.4, 0.5) is 5.69 Å². The summed E-state index contributed by atoms with van der Waals surface area (Å²) >= 11 is 0. The van der Waals surface area contributed by atoms with Crippen LogP contribution in [0, 0.1) is 0 Å². The van der Waals surface area contributed by atoms with E-state index in [2.05, 4.69) is 153 Å². The highest BCUT2D eigenvalue weighted by molar-refractivity contribution is 6.06. The van der Waals surface area contributed by atoms with Crippen molar-refractivity contribution in [2.45, 2.75) is 213 Å². The summed E-state index contributed by atoms with van der Waals surface area (Å²) in [6, 6.07) is 52.9. The maximum Gasteiger partial charge on any atom is 0.255 e. The molecule has 5 nitrogen and oxygen atoms in total. The predicted molar refractivity (Wildman–Crippen MR) is 343 cm³/mol. The molecule has 0 unspecified atom stereocenters. The molecule has 5 heteroatoms. The van der Waals surface area contributed by atoms with Gasteiger partial charge in [-0.25, -0.2) is 0 Å². The molecule has 0 saturated carbocycles. The van der Waals surface area contributed by atoms with E-state index in [1.54, 1.807) is 0 Å². The summed E-state index contributed by atoms with van der Waals surface area (Å²) in [7, 11) is 0. The maximum absolute atomic E-state index is 14.4. The van der Waals surface area contributed by atoms with Gasteiger partial charge in [0.15, 0.2) is 11.5 Å². The van der Waals surface area contributed by atoms with E-state index in [1.165, 1.54) is 176 Å². The van der Waals surface area contributed by atoms with Gasteiger partial charge in [-0.1, -0.05) is 322 Å². The van der Waals surface area contributed by atoms with Crippen molar-refractivity contribution in [3.8, 4) is 28.4 Å². The van der Waals surface area contributed by atoms with Crippen molar-refractivity contribution in [2.24, 2.45) is 0 Å². The van der Waals surface area contributed by atoms with E-state index in [1.807, 2.05) is 24.3 Å². The summed E-state index contributed by atoms with van der Waals surface area (Å²) in [6.07, 6.45) is 37.8. The number of carbonyl (C=O) groups excluding carboxylic acids is 1. The van der Waals surface area contributed by atoms with Crippen LogP contribution < -0.4 is 19.5 Å². The number of carbonyl (C=O) groups is 1. The Balaban J connectivity index is 1.17. The van der Waals surface area contributed by atoms with E-state index in [0.29, 0.717) is 42.6 Å². The third-order valence-electron chi connectivity index (χ3n) is 15.6. The first-order chi connectivity index (χ1) is 39.6. The van der Waals surface area contributed by atoms with Crippen LogP contribution in [0.15, 0.2) is 152 Å². The molecule has 0 spiro atoms.